The molecule has 1 unspecified atom stereocenters. The van der Waals surface area contributed by atoms with Gasteiger partial charge in [0, 0.05) is 39.0 Å². The summed E-state index contributed by atoms with van der Waals surface area (Å²) in [5.74, 6) is 0.0777. The molecule has 0 bridgehead atoms. The van der Waals surface area contributed by atoms with Gasteiger partial charge in [0.15, 0.2) is 0 Å². The number of aryl methyl sites for hydroxylation is 1. The van der Waals surface area contributed by atoms with Crippen LogP contribution in [0, 0.1) is 5.41 Å². The van der Waals surface area contributed by atoms with Gasteiger partial charge in [0.2, 0.25) is 5.91 Å². The first-order valence-electron chi connectivity index (χ1n) is 10.1. The number of aliphatic hydroxyl groups excluding tert-OH is 1. The van der Waals surface area contributed by atoms with Gasteiger partial charge in [-0.05, 0) is 43.9 Å². The van der Waals surface area contributed by atoms with E-state index in [0.717, 1.165) is 51.0 Å². The average molecular weight is 384 g/mol. The largest absolute Gasteiger partial charge is 0.392 e. The smallest absolute Gasteiger partial charge is 0.270 e. The van der Waals surface area contributed by atoms with Crippen molar-refractivity contribution >= 4 is 16.9 Å². The predicted octanol–water partition coefficient (Wildman–Crippen LogP) is 1.16. The van der Waals surface area contributed by atoms with E-state index >= 15 is 0 Å². The van der Waals surface area contributed by atoms with Crippen molar-refractivity contribution in [1.29, 1.82) is 0 Å². The second-order valence-electron chi connectivity index (χ2n) is 8.47. The number of β-amino-alcohol motifs (C(OH)–C–C–N with tert-alkyl or cyclic N) is 1. The van der Waals surface area contributed by atoms with Gasteiger partial charge >= 0.3 is 0 Å². The molecule has 2 saturated heterocycles. The highest BCUT2D eigenvalue weighted by Gasteiger charge is 2.41. The minimum absolute atomic E-state index is 0.0777. The third-order valence-corrected chi connectivity index (χ3v) is 6.22. The summed E-state index contributed by atoms with van der Waals surface area (Å²) in [6, 6.07) is 7.42. The van der Waals surface area contributed by atoms with Gasteiger partial charge in [-0.15, -0.1) is 0 Å². The normalized spacial score (nSPS) is 22.6. The van der Waals surface area contributed by atoms with Crippen LogP contribution in [0.5, 0.6) is 0 Å². The number of nitrogens with zero attached hydrogens (tertiary/aromatic N) is 3. The third kappa shape index (κ3) is 3.95. The highest BCUT2D eigenvalue weighted by atomic mass is 16.3. The molecule has 2 N–H and O–H groups in total. The first kappa shape index (κ1) is 19.1. The van der Waals surface area contributed by atoms with Crippen molar-refractivity contribution in [3.05, 3.63) is 40.3 Å². The number of amides is 1. The van der Waals surface area contributed by atoms with E-state index in [0.29, 0.717) is 24.1 Å². The maximum atomic E-state index is 12.7. The van der Waals surface area contributed by atoms with Crippen molar-refractivity contribution in [2.45, 2.75) is 38.2 Å². The van der Waals surface area contributed by atoms with Gasteiger partial charge in [0.1, 0.15) is 5.69 Å². The molecule has 28 heavy (non-hydrogen) atoms. The predicted molar refractivity (Wildman–Crippen MR) is 107 cm³/mol. The van der Waals surface area contributed by atoms with Crippen LogP contribution in [-0.4, -0.2) is 70.1 Å². The molecule has 0 saturated carbocycles. The Morgan fingerprint density at radius 2 is 2.07 bits per heavy atom. The van der Waals surface area contributed by atoms with E-state index < -0.39 is 0 Å². The van der Waals surface area contributed by atoms with E-state index in [9.17, 15) is 14.7 Å². The average Bonchev–Trinajstić information content (AvgIpc) is 2.65. The van der Waals surface area contributed by atoms with Crippen molar-refractivity contribution < 1.29 is 9.90 Å². The molecule has 2 fully saturated rings. The minimum atomic E-state index is -0.272. The topological polar surface area (TPSA) is 89.5 Å². The number of piperidine rings is 2. The van der Waals surface area contributed by atoms with Gasteiger partial charge < -0.3 is 19.9 Å². The molecule has 7 heteroatoms. The highest BCUT2D eigenvalue weighted by molar-refractivity contribution is 5.77. The number of aliphatic hydroxyl groups is 1. The van der Waals surface area contributed by atoms with Crippen LogP contribution in [0.15, 0.2) is 29.1 Å². The number of H-pyrrole nitrogens is 1. The van der Waals surface area contributed by atoms with Crippen LogP contribution in [0.25, 0.3) is 11.0 Å². The van der Waals surface area contributed by atoms with Gasteiger partial charge in [-0.1, -0.05) is 12.1 Å². The second kappa shape index (κ2) is 7.64. The van der Waals surface area contributed by atoms with E-state index in [4.69, 9.17) is 0 Å². The van der Waals surface area contributed by atoms with Crippen LogP contribution < -0.4 is 5.56 Å². The van der Waals surface area contributed by atoms with E-state index in [1.165, 1.54) is 0 Å². The van der Waals surface area contributed by atoms with Crippen molar-refractivity contribution in [2.24, 2.45) is 5.41 Å². The summed E-state index contributed by atoms with van der Waals surface area (Å²) in [5.41, 5.74) is 1.77. The standard InChI is InChI=1S/C21H28N4O3/c1-24-13-15(26)12-21(14-24)8-10-25(11-9-21)19(27)7-6-18-20(28)23-17-5-3-2-4-16(17)22-18/h2-5,15,26H,6-14H2,1H3,(H,23,28). The molecule has 4 rings (SSSR count). The molecule has 2 aromatic rings. The lowest BCUT2D eigenvalue weighted by molar-refractivity contribution is -0.134. The molecule has 0 aliphatic carbocycles. The van der Waals surface area contributed by atoms with Crippen LogP contribution in [0.3, 0.4) is 0 Å². The van der Waals surface area contributed by atoms with Crippen LogP contribution in [0.1, 0.15) is 31.4 Å². The van der Waals surface area contributed by atoms with Gasteiger partial charge in [-0.2, -0.15) is 0 Å². The number of carbonyl (C=O) groups is 1. The van der Waals surface area contributed by atoms with Crippen LogP contribution in [0.4, 0.5) is 0 Å². The molecule has 1 spiro atoms. The summed E-state index contributed by atoms with van der Waals surface area (Å²) in [4.78, 5) is 36.3. The molecule has 7 nitrogen and oxygen atoms in total. The molecule has 1 aromatic carbocycles. The van der Waals surface area contributed by atoms with Gasteiger partial charge in [-0.3, -0.25) is 9.59 Å². The number of nitrogens with one attached hydrogen (secondary N) is 1. The number of carbonyl (C=O) groups excluding carboxylic acids is 1. The summed E-state index contributed by atoms with van der Waals surface area (Å²) in [5, 5.41) is 10.1. The number of aromatic amines is 1. The monoisotopic (exact) mass is 384 g/mol. The fraction of sp³-hybridized carbons (Fsp3) is 0.571. The number of benzene rings is 1. The Bertz CT molecular complexity index is 905. The Morgan fingerprint density at radius 3 is 2.82 bits per heavy atom. The summed E-state index contributed by atoms with van der Waals surface area (Å²) in [7, 11) is 2.05. The number of para-hydroxylation sites is 2. The first-order chi connectivity index (χ1) is 13.4. The van der Waals surface area contributed by atoms with Crippen molar-refractivity contribution in [2.75, 3.05) is 33.2 Å². The Morgan fingerprint density at radius 1 is 1.32 bits per heavy atom. The summed E-state index contributed by atoms with van der Waals surface area (Å²) in [6.07, 6.45) is 3.05. The molecular weight excluding hydrogens is 356 g/mol. The van der Waals surface area contributed by atoms with E-state index in [1.807, 2.05) is 29.2 Å². The molecule has 1 amide bonds. The lowest BCUT2D eigenvalue weighted by Gasteiger charge is -2.48. The fourth-order valence-electron chi connectivity index (χ4n) is 4.84. The maximum Gasteiger partial charge on any atom is 0.270 e. The van der Waals surface area contributed by atoms with E-state index in [2.05, 4.69) is 21.9 Å². The first-order valence-corrected chi connectivity index (χ1v) is 10.1. The zero-order valence-corrected chi connectivity index (χ0v) is 16.4. The van der Waals surface area contributed by atoms with Crippen molar-refractivity contribution in [3.63, 3.8) is 0 Å². The SMILES string of the molecule is CN1CC(O)CC2(CCN(C(=O)CCc3nc4ccccc4[nH]c3=O)CC2)C1. The van der Waals surface area contributed by atoms with E-state index in [1.54, 1.807) is 0 Å². The Balaban J connectivity index is 1.35. The Hall–Kier alpha value is -2.25. The second-order valence-corrected chi connectivity index (χ2v) is 8.47. The molecule has 1 atom stereocenters. The van der Waals surface area contributed by atoms with Crippen LogP contribution in [0.2, 0.25) is 0 Å². The van der Waals surface area contributed by atoms with Crippen LogP contribution in [-0.2, 0) is 11.2 Å². The van der Waals surface area contributed by atoms with Gasteiger partial charge in [0.05, 0.1) is 17.1 Å². The molecule has 3 heterocycles. The number of hydrogen-bond acceptors (Lipinski definition) is 5. The highest BCUT2D eigenvalue weighted by Crippen LogP contribution is 2.39. The summed E-state index contributed by atoms with van der Waals surface area (Å²) < 4.78 is 0. The third-order valence-electron chi connectivity index (χ3n) is 6.22. The number of rotatable bonds is 3. The lowest BCUT2D eigenvalue weighted by Crippen LogP contribution is -2.53. The minimum Gasteiger partial charge on any atom is -0.392 e. The number of likely N-dealkylation sites (N-methyl/N-ethyl adjacent to an activating group) is 1. The molecule has 0 radical (unpaired) electrons. The fourth-order valence-corrected chi connectivity index (χ4v) is 4.84. The molecule has 150 valence electrons. The molecule has 1 aromatic heterocycles. The quantitative estimate of drug-likeness (QED) is 0.829. The number of likely N-dealkylation sites (tertiary alicyclic amines) is 2. The summed E-state index contributed by atoms with van der Waals surface area (Å²) >= 11 is 0. The lowest BCUT2D eigenvalue weighted by atomic mass is 9.71. The number of aromatic nitrogens is 2. The van der Waals surface area contributed by atoms with Crippen molar-refractivity contribution in [3.8, 4) is 0 Å². The zero-order chi connectivity index (χ0) is 19.7. The molecule has 2 aliphatic rings. The van der Waals surface area contributed by atoms with E-state index in [-0.39, 0.29) is 23.0 Å². The van der Waals surface area contributed by atoms with Gasteiger partial charge in [-0.25, -0.2) is 4.98 Å². The number of fused-ring (bicyclic) bond motifs is 1. The molecular formula is C21H28N4O3. The number of hydrogen-bond donors (Lipinski definition) is 2. The Kier molecular flexibility index (Phi) is 5.21. The maximum absolute atomic E-state index is 12.7. The zero-order valence-electron chi connectivity index (χ0n) is 16.4. The van der Waals surface area contributed by atoms with Crippen LogP contribution >= 0.6 is 0 Å². The van der Waals surface area contributed by atoms with Gasteiger partial charge in [0.25, 0.3) is 5.56 Å². The van der Waals surface area contributed by atoms with Crippen molar-refractivity contribution in [1.82, 2.24) is 19.8 Å². The Labute approximate surface area is 164 Å². The molecule has 2 aliphatic heterocycles. The summed E-state index contributed by atoms with van der Waals surface area (Å²) in [6.45, 7) is 3.17.